The van der Waals surface area contributed by atoms with Crippen molar-refractivity contribution in [2.75, 3.05) is 6.61 Å². The highest BCUT2D eigenvalue weighted by atomic mass is 19.4. The Hall–Kier alpha value is -0.740. The van der Waals surface area contributed by atoms with Crippen LogP contribution in [0, 0.1) is 5.92 Å². The van der Waals surface area contributed by atoms with E-state index in [1.165, 1.54) is 12.8 Å². The topological polar surface area (TPSA) is 26.3 Å². The van der Waals surface area contributed by atoms with Crippen molar-refractivity contribution >= 4 is 5.97 Å². The molecule has 0 spiro atoms. The largest absolute Gasteiger partial charge is 0.456 e. The number of esters is 1. The van der Waals surface area contributed by atoms with Gasteiger partial charge in [0.15, 0.2) is 6.61 Å². The molecule has 5 heteroatoms. The summed E-state index contributed by atoms with van der Waals surface area (Å²) >= 11 is 0. The standard InChI is InChI=1S/C10H15F3O2/c11-10(12,13)7-15-9(14)6-5-8-3-1-2-4-8/h8H,1-7H2. The van der Waals surface area contributed by atoms with Gasteiger partial charge in [0, 0.05) is 6.42 Å². The highest BCUT2D eigenvalue weighted by Crippen LogP contribution is 2.28. The molecule has 0 aromatic rings. The third kappa shape index (κ3) is 5.64. The van der Waals surface area contributed by atoms with Gasteiger partial charge in [-0.05, 0) is 12.3 Å². The minimum Gasteiger partial charge on any atom is -0.456 e. The van der Waals surface area contributed by atoms with E-state index in [0.717, 1.165) is 12.8 Å². The van der Waals surface area contributed by atoms with Gasteiger partial charge in [0.05, 0.1) is 0 Å². The minimum absolute atomic E-state index is 0.112. The van der Waals surface area contributed by atoms with Gasteiger partial charge in [0.2, 0.25) is 0 Å². The number of halogens is 3. The smallest absolute Gasteiger partial charge is 0.422 e. The van der Waals surface area contributed by atoms with E-state index in [0.29, 0.717) is 12.3 Å². The van der Waals surface area contributed by atoms with E-state index >= 15 is 0 Å². The second-order valence-electron chi connectivity index (χ2n) is 3.97. The maximum Gasteiger partial charge on any atom is 0.422 e. The molecule has 0 heterocycles. The molecule has 0 saturated heterocycles. The highest BCUT2D eigenvalue weighted by Gasteiger charge is 2.29. The third-order valence-corrected chi connectivity index (χ3v) is 2.63. The first-order valence-electron chi connectivity index (χ1n) is 5.20. The van der Waals surface area contributed by atoms with Gasteiger partial charge in [-0.3, -0.25) is 4.79 Å². The fraction of sp³-hybridized carbons (Fsp3) is 0.900. The lowest BCUT2D eigenvalue weighted by molar-refractivity contribution is -0.186. The van der Waals surface area contributed by atoms with E-state index in [2.05, 4.69) is 4.74 Å². The van der Waals surface area contributed by atoms with Gasteiger partial charge in [-0.15, -0.1) is 0 Å². The summed E-state index contributed by atoms with van der Waals surface area (Å²) in [7, 11) is 0. The van der Waals surface area contributed by atoms with Crippen molar-refractivity contribution < 1.29 is 22.7 Å². The number of hydrogen-bond acceptors (Lipinski definition) is 2. The van der Waals surface area contributed by atoms with Crippen molar-refractivity contribution in [1.82, 2.24) is 0 Å². The van der Waals surface area contributed by atoms with E-state index < -0.39 is 18.8 Å². The lowest BCUT2D eigenvalue weighted by atomic mass is 10.0. The molecule has 1 aliphatic carbocycles. The Morgan fingerprint density at radius 2 is 1.87 bits per heavy atom. The van der Waals surface area contributed by atoms with Crippen LogP contribution in [-0.4, -0.2) is 18.8 Å². The third-order valence-electron chi connectivity index (χ3n) is 2.63. The molecule has 0 aliphatic heterocycles. The fourth-order valence-electron chi connectivity index (χ4n) is 1.86. The average molecular weight is 224 g/mol. The molecule has 0 aromatic carbocycles. The molecule has 0 amide bonds. The molecular formula is C10H15F3O2. The first-order valence-corrected chi connectivity index (χ1v) is 5.20. The molecule has 1 rings (SSSR count). The SMILES string of the molecule is O=C(CCC1CCCC1)OCC(F)(F)F. The zero-order valence-electron chi connectivity index (χ0n) is 8.48. The molecule has 0 bridgehead atoms. The fourth-order valence-corrected chi connectivity index (χ4v) is 1.86. The Bertz CT molecular complexity index is 207. The quantitative estimate of drug-likeness (QED) is 0.686. The summed E-state index contributed by atoms with van der Waals surface area (Å²) < 4.78 is 39.1. The molecule has 1 fully saturated rings. The van der Waals surface area contributed by atoms with Crippen LogP contribution < -0.4 is 0 Å². The molecule has 0 N–H and O–H groups in total. The monoisotopic (exact) mass is 224 g/mol. The Kier molecular flexibility index (Phi) is 4.42. The second kappa shape index (κ2) is 5.37. The Morgan fingerprint density at radius 1 is 1.27 bits per heavy atom. The van der Waals surface area contributed by atoms with Gasteiger partial charge >= 0.3 is 12.1 Å². The van der Waals surface area contributed by atoms with Gasteiger partial charge < -0.3 is 4.74 Å². The normalized spacial score (nSPS) is 18.1. The molecular weight excluding hydrogens is 209 g/mol. The van der Waals surface area contributed by atoms with Crippen LogP contribution in [0.3, 0.4) is 0 Å². The van der Waals surface area contributed by atoms with Gasteiger partial charge in [-0.25, -0.2) is 0 Å². The van der Waals surface area contributed by atoms with E-state index in [-0.39, 0.29) is 6.42 Å². The number of carbonyl (C=O) groups excluding carboxylic acids is 1. The van der Waals surface area contributed by atoms with Crippen molar-refractivity contribution in [2.24, 2.45) is 5.92 Å². The summed E-state index contributed by atoms with van der Waals surface area (Å²) in [5.74, 6) is -0.234. The molecule has 1 aliphatic rings. The summed E-state index contributed by atoms with van der Waals surface area (Å²) in [6.07, 6.45) is 0.879. The Labute approximate surface area is 86.8 Å². The summed E-state index contributed by atoms with van der Waals surface area (Å²) in [6, 6.07) is 0. The summed E-state index contributed by atoms with van der Waals surface area (Å²) in [5, 5.41) is 0. The van der Waals surface area contributed by atoms with Crippen LogP contribution in [0.4, 0.5) is 13.2 Å². The van der Waals surface area contributed by atoms with Gasteiger partial charge in [0.25, 0.3) is 0 Å². The molecule has 15 heavy (non-hydrogen) atoms. The predicted octanol–water partition coefficient (Wildman–Crippen LogP) is 3.06. The van der Waals surface area contributed by atoms with Crippen molar-refractivity contribution in [3.8, 4) is 0 Å². The molecule has 0 atom stereocenters. The van der Waals surface area contributed by atoms with Crippen LogP contribution in [0.2, 0.25) is 0 Å². The lowest BCUT2D eigenvalue weighted by Crippen LogP contribution is -2.20. The maximum absolute atomic E-state index is 11.7. The number of alkyl halides is 3. The molecule has 88 valence electrons. The van der Waals surface area contributed by atoms with Crippen LogP contribution in [0.25, 0.3) is 0 Å². The van der Waals surface area contributed by atoms with Gasteiger partial charge in [-0.1, -0.05) is 25.7 Å². The van der Waals surface area contributed by atoms with Crippen LogP contribution in [0.5, 0.6) is 0 Å². The molecule has 2 nitrogen and oxygen atoms in total. The van der Waals surface area contributed by atoms with Crippen molar-refractivity contribution in [1.29, 1.82) is 0 Å². The zero-order chi connectivity index (χ0) is 11.3. The van der Waals surface area contributed by atoms with Gasteiger partial charge in [-0.2, -0.15) is 13.2 Å². The van der Waals surface area contributed by atoms with Crippen LogP contribution in [0.15, 0.2) is 0 Å². The maximum atomic E-state index is 11.7. The van der Waals surface area contributed by atoms with Crippen LogP contribution in [0.1, 0.15) is 38.5 Å². The van der Waals surface area contributed by atoms with E-state index in [4.69, 9.17) is 0 Å². The lowest BCUT2D eigenvalue weighted by Gasteiger charge is -2.09. The Morgan fingerprint density at radius 3 is 2.40 bits per heavy atom. The zero-order valence-corrected chi connectivity index (χ0v) is 8.48. The van der Waals surface area contributed by atoms with E-state index in [1.807, 2.05) is 0 Å². The van der Waals surface area contributed by atoms with Crippen LogP contribution >= 0.6 is 0 Å². The minimum atomic E-state index is -4.41. The number of carbonyl (C=O) groups is 1. The average Bonchev–Trinajstić information content (AvgIpc) is 2.62. The van der Waals surface area contributed by atoms with Crippen molar-refractivity contribution in [2.45, 2.75) is 44.7 Å². The number of hydrogen-bond donors (Lipinski definition) is 0. The molecule has 0 radical (unpaired) electrons. The number of ether oxygens (including phenoxy) is 1. The van der Waals surface area contributed by atoms with Crippen molar-refractivity contribution in [3.63, 3.8) is 0 Å². The molecule has 0 aromatic heterocycles. The molecule has 0 unspecified atom stereocenters. The van der Waals surface area contributed by atoms with Crippen molar-refractivity contribution in [3.05, 3.63) is 0 Å². The molecule has 1 saturated carbocycles. The van der Waals surface area contributed by atoms with E-state index in [1.54, 1.807) is 0 Å². The van der Waals surface area contributed by atoms with Gasteiger partial charge in [0.1, 0.15) is 0 Å². The second-order valence-corrected chi connectivity index (χ2v) is 3.97. The summed E-state index contributed by atoms with van der Waals surface area (Å²) in [6.45, 7) is -1.46. The van der Waals surface area contributed by atoms with Crippen LogP contribution in [-0.2, 0) is 9.53 Å². The first-order chi connectivity index (χ1) is 6.97. The number of rotatable bonds is 4. The first kappa shape index (κ1) is 12.3. The highest BCUT2D eigenvalue weighted by molar-refractivity contribution is 5.69. The van der Waals surface area contributed by atoms with E-state index in [9.17, 15) is 18.0 Å². The summed E-state index contributed by atoms with van der Waals surface area (Å²) in [4.78, 5) is 10.9. The predicted molar refractivity (Wildman–Crippen MR) is 48.2 cm³/mol. The summed E-state index contributed by atoms with van der Waals surface area (Å²) in [5.41, 5.74) is 0. The Balaban J connectivity index is 2.08.